The zero-order valence-electron chi connectivity index (χ0n) is 14.8. The minimum absolute atomic E-state index is 0.0700. The first-order valence-corrected chi connectivity index (χ1v) is 8.86. The van der Waals surface area contributed by atoms with Crippen LogP contribution in [0, 0.1) is 0 Å². The summed E-state index contributed by atoms with van der Waals surface area (Å²) in [6.07, 6.45) is -3.03. The number of anilines is 1. The van der Waals surface area contributed by atoms with Gasteiger partial charge < -0.3 is 19.9 Å². The van der Waals surface area contributed by atoms with Crippen LogP contribution in [0.2, 0.25) is 0 Å². The van der Waals surface area contributed by atoms with Gasteiger partial charge in [-0.2, -0.15) is 13.2 Å². The van der Waals surface area contributed by atoms with Crippen LogP contribution in [-0.4, -0.2) is 30.7 Å². The third-order valence-electron chi connectivity index (χ3n) is 4.06. The quantitative estimate of drug-likeness (QED) is 0.630. The number of benzene rings is 2. The molecule has 0 atom stereocenters. The SMILES string of the molecule is COc1cc(/C=C2\C(=O)Nc3cc(C(F)(F)F)ccc32)c(Br)cc1OCC(=O)O. The van der Waals surface area contributed by atoms with Gasteiger partial charge in [0.2, 0.25) is 0 Å². The average molecular weight is 472 g/mol. The van der Waals surface area contributed by atoms with E-state index in [-0.39, 0.29) is 22.8 Å². The zero-order valence-corrected chi connectivity index (χ0v) is 16.3. The number of carbonyl (C=O) groups excluding carboxylic acids is 1. The third kappa shape index (κ3) is 4.37. The number of methoxy groups -OCH3 is 1. The maximum atomic E-state index is 12.9. The predicted octanol–water partition coefficient (Wildman–Crippen LogP) is 4.43. The molecule has 3 rings (SSSR count). The van der Waals surface area contributed by atoms with Crippen LogP contribution in [0.3, 0.4) is 0 Å². The fourth-order valence-corrected chi connectivity index (χ4v) is 3.18. The van der Waals surface area contributed by atoms with Gasteiger partial charge in [-0.25, -0.2) is 4.79 Å². The second kappa shape index (κ2) is 7.78. The molecule has 1 aliphatic rings. The van der Waals surface area contributed by atoms with Crippen LogP contribution in [0.1, 0.15) is 16.7 Å². The summed E-state index contributed by atoms with van der Waals surface area (Å²) < 4.78 is 49.5. The molecular formula is C19H13BrF3NO5. The number of rotatable bonds is 5. The number of hydrogen-bond acceptors (Lipinski definition) is 4. The Labute approximate surface area is 171 Å². The van der Waals surface area contributed by atoms with Crippen LogP contribution in [-0.2, 0) is 15.8 Å². The maximum Gasteiger partial charge on any atom is 0.416 e. The number of hydrogen-bond donors (Lipinski definition) is 2. The van der Waals surface area contributed by atoms with Crippen molar-refractivity contribution in [3.63, 3.8) is 0 Å². The molecule has 1 heterocycles. The van der Waals surface area contributed by atoms with Crippen LogP contribution >= 0.6 is 15.9 Å². The van der Waals surface area contributed by atoms with E-state index in [0.29, 0.717) is 15.6 Å². The van der Waals surface area contributed by atoms with Gasteiger partial charge in [0, 0.05) is 21.3 Å². The number of carboxylic acids is 1. The van der Waals surface area contributed by atoms with Crippen LogP contribution in [0.5, 0.6) is 11.5 Å². The van der Waals surface area contributed by atoms with E-state index < -0.39 is 30.2 Å². The normalized spacial score (nSPS) is 14.5. The minimum Gasteiger partial charge on any atom is -0.493 e. The Morgan fingerprint density at radius 2 is 1.97 bits per heavy atom. The van der Waals surface area contributed by atoms with Crippen molar-refractivity contribution in [2.24, 2.45) is 0 Å². The van der Waals surface area contributed by atoms with Crippen molar-refractivity contribution in [1.29, 1.82) is 0 Å². The second-order valence-corrected chi connectivity index (χ2v) is 6.83. The largest absolute Gasteiger partial charge is 0.493 e. The number of carboxylic acid groups (broad SMARTS) is 1. The molecule has 1 aliphatic heterocycles. The van der Waals surface area contributed by atoms with Crippen LogP contribution in [0.4, 0.5) is 18.9 Å². The number of fused-ring (bicyclic) bond motifs is 1. The number of amides is 1. The van der Waals surface area contributed by atoms with Gasteiger partial charge in [0.1, 0.15) is 0 Å². The molecule has 2 aromatic carbocycles. The molecule has 2 N–H and O–H groups in total. The van der Waals surface area contributed by atoms with Crippen molar-refractivity contribution in [3.05, 3.63) is 51.5 Å². The van der Waals surface area contributed by atoms with Gasteiger partial charge >= 0.3 is 12.1 Å². The Bertz CT molecular complexity index is 1030. The van der Waals surface area contributed by atoms with Crippen LogP contribution < -0.4 is 14.8 Å². The fraction of sp³-hybridized carbons (Fsp3) is 0.158. The molecule has 0 saturated heterocycles. The van der Waals surface area contributed by atoms with E-state index in [1.54, 1.807) is 0 Å². The number of ether oxygens (including phenoxy) is 2. The highest BCUT2D eigenvalue weighted by molar-refractivity contribution is 9.10. The van der Waals surface area contributed by atoms with E-state index in [0.717, 1.165) is 12.1 Å². The smallest absolute Gasteiger partial charge is 0.416 e. The van der Waals surface area contributed by atoms with E-state index in [9.17, 15) is 22.8 Å². The van der Waals surface area contributed by atoms with Crippen LogP contribution in [0.15, 0.2) is 34.8 Å². The molecule has 0 aromatic heterocycles. The van der Waals surface area contributed by atoms with E-state index >= 15 is 0 Å². The van der Waals surface area contributed by atoms with Gasteiger partial charge in [-0.3, -0.25) is 4.79 Å². The molecular weight excluding hydrogens is 459 g/mol. The van der Waals surface area contributed by atoms with Crippen molar-refractivity contribution in [2.45, 2.75) is 6.18 Å². The Hall–Kier alpha value is -3.01. The summed E-state index contributed by atoms with van der Waals surface area (Å²) in [5.74, 6) is -1.30. The molecule has 0 aliphatic carbocycles. The van der Waals surface area contributed by atoms with E-state index in [4.69, 9.17) is 14.6 Å². The number of nitrogens with one attached hydrogen (secondary N) is 1. The molecule has 29 heavy (non-hydrogen) atoms. The first-order chi connectivity index (χ1) is 13.6. The molecule has 10 heteroatoms. The Balaban J connectivity index is 2.01. The highest BCUT2D eigenvalue weighted by Crippen LogP contribution is 2.40. The van der Waals surface area contributed by atoms with Crippen LogP contribution in [0.25, 0.3) is 11.6 Å². The Morgan fingerprint density at radius 1 is 1.24 bits per heavy atom. The van der Waals surface area contributed by atoms with Crippen molar-refractivity contribution >= 4 is 45.1 Å². The highest BCUT2D eigenvalue weighted by atomic mass is 79.9. The number of halogens is 4. The molecule has 0 spiro atoms. The summed E-state index contributed by atoms with van der Waals surface area (Å²) in [4.78, 5) is 23.0. The minimum atomic E-state index is -4.52. The van der Waals surface area contributed by atoms with Gasteiger partial charge in [-0.1, -0.05) is 22.0 Å². The van der Waals surface area contributed by atoms with Crippen molar-refractivity contribution < 1.29 is 37.3 Å². The summed E-state index contributed by atoms with van der Waals surface area (Å²) in [6.45, 7) is -0.569. The molecule has 0 bridgehead atoms. The van der Waals surface area contributed by atoms with Gasteiger partial charge in [0.15, 0.2) is 18.1 Å². The summed E-state index contributed by atoms with van der Waals surface area (Å²) in [6, 6.07) is 6.02. The molecule has 0 unspecified atom stereocenters. The average Bonchev–Trinajstić information content (AvgIpc) is 2.95. The molecule has 152 valence electrons. The van der Waals surface area contributed by atoms with Gasteiger partial charge in [-0.15, -0.1) is 0 Å². The maximum absolute atomic E-state index is 12.9. The predicted molar refractivity (Wildman–Crippen MR) is 102 cm³/mol. The lowest BCUT2D eigenvalue weighted by molar-refractivity contribution is -0.139. The topological polar surface area (TPSA) is 84.9 Å². The fourth-order valence-electron chi connectivity index (χ4n) is 2.74. The van der Waals surface area contributed by atoms with Gasteiger partial charge in [0.25, 0.3) is 5.91 Å². The lowest BCUT2D eigenvalue weighted by atomic mass is 10.0. The summed E-state index contributed by atoms with van der Waals surface area (Å²) >= 11 is 3.31. The molecule has 2 aromatic rings. The van der Waals surface area contributed by atoms with Crippen molar-refractivity contribution in [2.75, 3.05) is 19.0 Å². The van der Waals surface area contributed by atoms with E-state index in [2.05, 4.69) is 21.2 Å². The summed E-state index contributed by atoms with van der Waals surface area (Å²) in [5, 5.41) is 11.2. The third-order valence-corrected chi connectivity index (χ3v) is 4.75. The second-order valence-electron chi connectivity index (χ2n) is 5.98. The molecule has 0 saturated carbocycles. The number of carbonyl (C=O) groups is 2. The summed E-state index contributed by atoms with van der Waals surface area (Å²) in [5.41, 5.74) is 0.208. The number of alkyl halides is 3. The van der Waals surface area contributed by atoms with Crippen molar-refractivity contribution in [1.82, 2.24) is 0 Å². The molecule has 0 fully saturated rings. The molecule has 0 radical (unpaired) electrons. The Kier molecular flexibility index (Phi) is 5.56. The van der Waals surface area contributed by atoms with Gasteiger partial charge in [-0.05, 0) is 35.9 Å². The molecule has 6 nitrogen and oxygen atoms in total. The monoisotopic (exact) mass is 471 g/mol. The highest BCUT2D eigenvalue weighted by Gasteiger charge is 2.33. The standard InChI is InChI=1S/C19H13BrF3NO5/c1-28-15-5-9(13(20)7-16(15)29-8-17(25)26)4-12-11-3-2-10(19(21,22)23)6-14(11)24-18(12)27/h2-7H,8H2,1H3,(H,24,27)(H,25,26)/b12-4-. The number of aliphatic carboxylic acids is 1. The summed E-state index contributed by atoms with van der Waals surface area (Å²) in [7, 11) is 1.37. The van der Waals surface area contributed by atoms with E-state index in [1.165, 1.54) is 31.4 Å². The van der Waals surface area contributed by atoms with Crippen molar-refractivity contribution in [3.8, 4) is 11.5 Å². The first-order valence-electron chi connectivity index (χ1n) is 8.07. The lowest BCUT2D eigenvalue weighted by Gasteiger charge is -2.12. The Morgan fingerprint density at radius 3 is 2.59 bits per heavy atom. The van der Waals surface area contributed by atoms with E-state index in [1.807, 2.05) is 0 Å². The van der Waals surface area contributed by atoms with Gasteiger partial charge in [0.05, 0.1) is 12.7 Å². The first kappa shape index (κ1) is 20.7. The zero-order chi connectivity index (χ0) is 21.3. The molecule has 1 amide bonds. The lowest BCUT2D eigenvalue weighted by Crippen LogP contribution is -2.10.